The smallest absolute Gasteiger partial charge is 0.224 e. The summed E-state index contributed by atoms with van der Waals surface area (Å²) in [6.07, 6.45) is 1.89. The molecule has 0 unspecified atom stereocenters. The van der Waals surface area contributed by atoms with Gasteiger partial charge in [0.25, 0.3) is 0 Å². The maximum Gasteiger partial charge on any atom is 0.224 e. The molecule has 2 amide bonds. The number of amides is 2. The Kier molecular flexibility index (Phi) is 7.93. The summed E-state index contributed by atoms with van der Waals surface area (Å²) in [4.78, 5) is 26.9. The van der Waals surface area contributed by atoms with Crippen LogP contribution in [0.4, 0.5) is 0 Å². The molecule has 0 aromatic carbocycles. The minimum atomic E-state index is -3.34. The van der Waals surface area contributed by atoms with Crippen LogP contribution >= 0.6 is 0 Å². The Labute approximate surface area is 138 Å². The molecule has 1 fully saturated rings. The standard InChI is InChI=1S/C14H27N3O5S/c1-13(18)15-8-10-16(11-9-15)14(19)5-7-17(23(3,20)21)6-4-12-22-2/h4-12H2,1-3H3. The highest BCUT2D eigenvalue weighted by Gasteiger charge is 2.24. The number of hydrogen-bond donors (Lipinski definition) is 0. The van der Waals surface area contributed by atoms with Crippen molar-refractivity contribution in [2.75, 3.05) is 59.2 Å². The summed E-state index contributed by atoms with van der Waals surface area (Å²) in [7, 11) is -1.77. The number of hydrogen-bond acceptors (Lipinski definition) is 5. The number of carbonyl (C=O) groups is 2. The lowest BCUT2D eigenvalue weighted by Gasteiger charge is -2.34. The van der Waals surface area contributed by atoms with Gasteiger partial charge in [-0.1, -0.05) is 0 Å². The highest BCUT2D eigenvalue weighted by atomic mass is 32.2. The molecule has 0 aromatic heterocycles. The molecule has 1 aliphatic heterocycles. The second kappa shape index (κ2) is 9.19. The zero-order valence-electron chi connectivity index (χ0n) is 14.2. The van der Waals surface area contributed by atoms with Crippen molar-refractivity contribution in [3.8, 4) is 0 Å². The van der Waals surface area contributed by atoms with E-state index < -0.39 is 10.0 Å². The number of carbonyl (C=O) groups excluding carboxylic acids is 2. The van der Waals surface area contributed by atoms with Crippen molar-refractivity contribution in [2.24, 2.45) is 0 Å². The minimum Gasteiger partial charge on any atom is -0.385 e. The second-order valence-corrected chi connectivity index (χ2v) is 7.63. The Morgan fingerprint density at radius 2 is 1.65 bits per heavy atom. The second-order valence-electron chi connectivity index (χ2n) is 5.65. The lowest BCUT2D eigenvalue weighted by atomic mass is 10.2. The van der Waals surface area contributed by atoms with Gasteiger partial charge in [0.05, 0.1) is 6.26 Å². The van der Waals surface area contributed by atoms with E-state index in [0.29, 0.717) is 45.8 Å². The lowest BCUT2D eigenvalue weighted by molar-refractivity contribution is -0.138. The molecule has 1 aliphatic rings. The molecule has 0 aliphatic carbocycles. The number of ether oxygens (including phenoxy) is 1. The van der Waals surface area contributed by atoms with Crippen LogP contribution < -0.4 is 0 Å². The van der Waals surface area contributed by atoms with E-state index >= 15 is 0 Å². The molecule has 23 heavy (non-hydrogen) atoms. The van der Waals surface area contributed by atoms with Gasteiger partial charge in [0.1, 0.15) is 0 Å². The quantitative estimate of drug-likeness (QED) is 0.544. The third-order valence-electron chi connectivity index (χ3n) is 3.88. The third kappa shape index (κ3) is 6.84. The largest absolute Gasteiger partial charge is 0.385 e. The molecule has 1 rings (SSSR count). The van der Waals surface area contributed by atoms with Gasteiger partial charge in [-0.2, -0.15) is 0 Å². The van der Waals surface area contributed by atoms with Gasteiger partial charge in [-0.15, -0.1) is 0 Å². The molecule has 1 saturated heterocycles. The van der Waals surface area contributed by atoms with Crippen LogP contribution in [0, 0.1) is 0 Å². The molecular weight excluding hydrogens is 322 g/mol. The van der Waals surface area contributed by atoms with Gasteiger partial charge in [0.15, 0.2) is 0 Å². The van der Waals surface area contributed by atoms with Crippen LogP contribution in [0.5, 0.6) is 0 Å². The third-order valence-corrected chi connectivity index (χ3v) is 5.18. The molecule has 0 aromatic rings. The Morgan fingerprint density at radius 3 is 2.13 bits per heavy atom. The van der Waals surface area contributed by atoms with Gasteiger partial charge in [-0.3, -0.25) is 9.59 Å². The number of nitrogens with zero attached hydrogens (tertiary/aromatic N) is 3. The SMILES string of the molecule is COCCCN(CCC(=O)N1CCN(C(C)=O)CC1)S(C)(=O)=O. The number of rotatable bonds is 8. The van der Waals surface area contributed by atoms with Crippen molar-refractivity contribution < 1.29 is 22.7 Å². The average molecular weight is 349 g/mol. The Balaban J connectivity index is 2.45. The Morgan fingerprint density at radius 1 is 1.09 bits per heavy atom. The van der Waals surface area contributed by atoms with E-state index in [1.165, 1.54) is 11.2 Å². The summed E-state index contributed by atoms with van der Waals surface area (Å²) < 4.78 is 29.7. The van der Waals surface area contributed by atoms with E-state index in [1.807, 2.05) is 0 Å². The summed E-state index contributed by atoms with van der Waals surface area (Å²) in [5, 5.41) is 0. The molecule has 0 bridgehead atoms. The van der Waals surface area contributed by atoms with Gasteiger partial charge < -0.3 is 14.5 Å². The molecule has 0 N–H and O–H groups in total. The fourth-order valence-electron chi connectivity index (χ4n) is 2.48. The zero-order valence-corrected chi connectivity index (χ0v) is 15.0. The molecule has 0 spiro atoms. The van der Waals surface area contributed by atoms with E-state index in [1.54, 1.807) is 16.9 Å². The maximum atomic E-state index is 12.2. The van der Waals surface area contributed by atoms with Crippen LogP contribution in [0.3, 0.4) is 0 Å². The van der Waals surface area contributed by atoms with Crippen LogP contribution in [0.25, 0.3) is 0 Å². The summed E-state index contributed by atoms with van der Waals surface area (Å²) in [5.41, 5.74) is 0. The van der Waals surface area contributed by atoms with Crippen LogP contribution in [0.1, 0.15) is 19.8 Å². The molecule has 0 radical (unpaired) electrons. The summed E-state index contributed by atoms with van der Waals surface area (Å²) >= 11 is 0. The van der Waals surface area contributed by atoms with Gasteiger partial charge in [0, 0.05) is 66.3 Å². The van der Waals surface area contributed by atoms with Crippen molar-refractivity contribution in [3.05, 3.63) is 0 Å². The minimum absolute atomic E-state index is 0.0125. The maximum absolute atomic E-state index is 12.2. The van der Waals surface area contributed by atoms with Gasteiger partial charge in [-0.05, 0) is 6.42 Å². The monoisotopic (exact) mass is 349 g/mol. The zero-order chi connectivity index (χ0) is 17.5. The first-order valence-corrected chi connectivity index (χ1v) is 9.58. The average Bonchev–Trinajstić information content (AvgIpc) is 2.49. The first-order chi connectivity index (χ1) is 10.8. The Bertz CT molecular complexity index is 501. The Hall–Kier alpha value is -1.19. The van der Waals surface area contributed by atoms with Crippen LogP contribution in [-0.2, 0) is 24.3 Å². The summed E-state index contributed by atoms with van der Waals surface area (Å²) in [6, 6.07) is 0. The first kappa shape index (κ1) is 19.9. The normalized spacial score (nSPS) is 16.0. The molecule has 0 saturated carbocycles. The van der Waals surface area contributed by atoms with Crippen molar-refractivity contribution in [3.63, 3.8) is 0 Å². The van der Waals surface area contributed by atoms with Gasteiger partial charge >= 0.3 is 0 Å². The van der Waals surface area contributed by atoms with Gasteiger partial charge in [-0.25, -0.2) is 12.7 Å². The van der Waals surface area contributed by atoms with Gasteiger partial charge in [0.2, 0.25) is 21.8 Å². The van der Waals surface area contributed by atoms with Crippen LogP contribution in [0.2, 0.25) is 0 Å². The topological polar surface area (TPSA) is 87.2 Å². The first-order valence-electron chi connectivity index (χ1n) is 7.73. The number of piperazine rings is 1. The molecular formula is C14H27N3O5S. The van der Waals surface area contributed by atoms with E-state index in [9.17, 15) is 18.0 Å². The van der Waals surface area contributed by atoms with Crippen molar-refractivity contribution in [1.29, 1.82) is 0 Å². The molecule has 9 heteroatoms. The molecule has 0 atom stereocenters. The number of methoxy groups -OCH3 is 1. The van der Waals surface area contributed by atoms with Crippen LogP contribution in [-0.4, -0.2) is 93.6 Å². The fourth-order valence-corrected chi connectivity index (χ4v) is 3.36. The van der Waals surface area contributed by atoms with Crippen molar-refractivity contribution in [2.45, 2.75) is 19.8 Å². The van der Waals surface area contributed by atoms with Crippen molar-refractivity contribution >= 4 is 21.8 Å². The highest BCUT2D eigenvalue weighted by molar-refractivity contribution is 7.88. The van der Waals surface area contributed by atoms with E-state index in [-0.39, 0.29) is 24.8 Å². The molecule has 134 valence electrons. The van der Waals surface area contributed by atoms with E-state index in [0.717, 1.165) is 6.26 Å². The fraction of sp³-hybridized carbons (Fsp3) is 0.857. The summed E-state index contributed by atoms with van der Waals surface area (Å²) in [5.74, 6) is -0.0629. The highest BCUT2D eigenvalue weighted by Crippen LogP contribution is 2.07. The predicted octanol–water partition coefficient (Wildman–Crippen LogP) is -0.635. The van der Waals surface area contributed by atoms with Crippen LogP contribution in [0.15, 0.2) is 0 Å². The molecule has 8 nitrogen and oxygen atoms in total. The predicted molar refractivity (Wildman–Crippen MR) is 86.4 cm³/mol. The lowest BCUT2D eigenvalue weighted by Crippen LogP contribution is -2.50. The summed E-state index contributed by atoms with van der Waals surface area (Å²) in [6.45, 7) is 4.58. The van der Waals surface area contributed by atoms with E-state index in [2.05, 4.69) is 0 Å². The van der Waals surface area contributed by atoms with Crippen molar-refractivity contribution in [1.82, 2.24) is 14.1 Å². The molecule has 1 heterocycles. The number of sulfonamides is 1. The van der Waals surface area contributed by atoms with E-state index in [4.69, 9.17) is 4.74 Å².